The summed E-state index contributed by atoms with van der Waals surface area (Å²) >= 11 is 0. The molecule has 4 aliphatic rings. The monoisotopic (exact) mass is 886 g/mol. The Kier molecular flexibility index (Phi) is 9.80. The average Bonchev–Trinajstić information content (AvgIpc) is 3.52. The lowest BCUT2D eigenvalue weighted by atomic mass is 9.33. The minimum Gasteiger partial charge on any atom is -0.334 e. The van der Waals surface area contributed by atoms with E-state index in [9.17, 15) is 0 Å². The van der Waals surface area contributed by atoms with Crippen molar-refractivity contribution in [3.8, 4) is 0 Å². The first kappa shape index (κ1) is 45.6. The highest BCUT2D eigenvalue weighted by Gasteiger charge is 2.64. The van der Waals surface area contributed by atoms with Crippen molar-refractivity contribution in [2.24, 2.45) is 5.41 Å². The van der Waals surface area contributed by atoms with E-state index in [1.807, 2.05) is 0 Å². The molecule has 2 atom stereocenters. The van der Waals surface area contributed by atoms with Gasteiger partial charge in [-0.1, -0.05) is 158 Å². The molecule has 10 rings (SSSR count). The normalized spacial score (nSPS) is 20.7. The zero-order chi connectivity index (χ0) is 48.3. The summed E-state index contributed by atoms with van der Waals surface area (Å²) in [5.74, 6) is 0. The molecule has 1 aliphatic carbocycles. The molecule has 1 saturated carbocycles. The van der Waals surface area contributed by atoms with E-state index in [0.717, 1.165) is 12.8 Å². The van der Waals surface area contributed by atoms with Crippen LogP contribution in [0.25, 0.3) is 0 Å². The van der Waals surface area contributed by atoms with Crippen LogP contribution in [0.4, 0.5) is 45.5 Å². The summed E-state index contributed by atoms with van der Waals surface area (Å²) in [6, 6.07) is 44.0. The van der Waals surface area contributed by atoms with E-state index in [0.29, 0.717) is 0 Å². The van der Waals surface area contributed by atoms with E-state index in [1.165, 1.54) is 101 Å². The van der Waals surface area contributed by atoms with Gasteiger partial charge < -0.3 is 14.7 Å². The van der Waals surface area contributed by atoms with Gasteiger partial charge in [0.2, 0.25) is 0 Å². The number of nitrogens with zero attached hydrogens (tertiary/aromatic N) is 3. The molecular weight excluding hydrogens is 810 g/mol. The zero-order valence-corrected chi connectivity index (χ0v) is 44.2. The van der Waals surface area contributed by atoms with Crippen LogP contribution in [-0.2, 0) is 27.1 Å². The van der Waals surface area contributed by atoms with Crippen molar-refractivity contribution in [3.63, 3.8) is 0 Å². The van der Waals surface area contributed by atoms with Crippen molar-refractivity contribution >= 4 is 68.6 Å². The van der Waals surface area contributed by atoms with Crippen LogP contribution in [0.2, 0.25) is 0 Å². The van der Waals surface area contributed by atoms with Crippen molar-refractivity contribution in [3.05, 3.63) is 148 Å². The van der Waals surface area contributed by atoms with Gasteiger partial charge in [0.25, 0.3) is 6.71 Å². The first-order chi connectivity index (χ1) is 31.0. The molecule has 0 bridgehead atoms. The molecule has 3 nitrogen and oxygen atoms in total. The number of hydrogen-bond donors (Lipinski definition) is 0. The van der Waals surface area contributed by atoms with E-state index in [4.69, 9.17) is 0 Å². The molecule has 3 heterocycles. The summed E-state index contributed by atoms with van der Waals surface area (Å²) in [6.45, 7) is 42.8. The Morgan fingerprint density at radius 2 is 0.940 bits per heavy atom. The number of aryl methyl sites for hydroxylation is 2. The van der Waals surface area contributed by atoms with Crippen molar-refractivity contribution in [2.45, 2.75) is 170 Å². The average molecular weight is 886 g/mol. The van der Waals surface area contributed by atoms with E-state index in [2.05, 4.69) is 249 Å². The van der Waals surface area contributed by atoms with Crippen molar-refractivity contribution in [1.82, 2.24) is 0 Å². The van der Waals surface area contributed by atoms with Crippen LogP contribution in [0.3, 0.4) is 0 Å². The Hall–Kier alpha value is -5.22. The standard InChI is InChI=1S/C63H76BN3/c1-39-31-54-56-55(32-39)66(50-28-21-42(33-40(50)2)58(6,7)8)52-30-23-44(60(12,13)14)35-49(52)64(56)48-27-26-46(36-53(48)65(54)45-24-19-41(20-25-45)57(3,4)5)67-51-29-22-43(59(9,10)11)34-47(51)62(17)37-61(15,16)38-63(62,67)18/h19-36H,37-38H2,1-18H3. The number of anilines is 8. The van der Waals surface area contributed by atoms with Crippen LogP contribution in [0.5, 0.6) is 0 Å². The SMILES string of the molecule is Cc1cc2c3c(c1)N(c1ccc(C(C)(C)C)cc1C)c1ccc(C(C)(C)C)cc1B3c1ccc(N3c4ccc(C(C)(C)C)cc4C4(C)CC(C)(C)CC34C)cc1N2c1ccc(C(C)(C)C)cc1. The van der Waals surface area contributed by atoms with Crippen molar-refractivity contribution < 1.29 is 0 Å². The third-order valence-corrected chi connectivity index (χ3v) is 16.7. The van der Waals surface area contributed by atoms with Gasteiger partial charge >= 0.3 is 0 Å². The molecule has 0 radical (unpaired) electrons. The lowest BCUT2D eigenvalue weighted by molar-refractivity contribution is 0.330. The Morgan fingerprint density at radius 1 is 0.433 bits per heavy atom. The number of rotatable bonds is 3. The van der Waals surface area contributed by atoms with Gasteiger partial charge in [0.1, 0.15) is 0 Å². The highest BCUT2D eigenvalue weighted by atomic mass is 15.3. The molecule has 0 amide bonds. The van der Waals surface area contributed by atoms with Crippen LogP contribution < -0.4 is 31.1 Å². The van der Waals surface area contributed by atoms with Crippen LogP contribution in [0, 0.1) is 19.3 Å². The minimum absolute atomic E-state index is 0.0115. The molecule has 2 unspecified atom stereocenters. The van der Waals surface area contributed by atoms with Gasteiger partial charge in [0, 0.05) is 50.9 Å². The lowest BCUT2D eigenvalue weighted by Gasteiger charge is -2.46. The van der Waals surface area contributed by atoms with E-state index < -0.39 is 0 Å². The van der Waals surface area contributed by atoms with Gasteiger partial charge in [-0.25, -0.2) is 0 Å². The number of hydrogen-bond acceptors (Lipinski definition) is 3. The minimum atomic E-state index is -0.112. The Labute approximate surface area is 405 Å². The largest absolute Gasteiger partial charge is 0.334 e. The maximum atomic E-state index is 2.78. The van der Waals surface area contributed by atoms with Crippen LogP contribution >= 0.6 is 0 Å². The highest BCUT2D eigenvalue weighted by molar-refractivity contribution is 7.00. The Bertz CT molecular complexity index is 3000. The molecule has 6 aromatic carbocycles. The predicted octanol–water partition coefficient (Wildman–Crippen LogP) is 15.6. The molecular formula is C63H76BN3. The number of benzene rings is 6. The fraction of sp³-hybridized carbons (Fsp3) is 0.429. The third kappa shape index (κ3) is 6.96. The summed E-state index contributed by atoms with van der Waals surface area (Å²) in [6.07, 6.45) is 2.28. The molecule has 346 valence electrons. The lowest BCUT2D eigenvalue weighted by Crippen LogP contribution is -2.61. The van der Waals surface area contributed by atoms with Gasteiger partial charge in [-0.2, -0.15) is 0 Å². The fourth-order valence-electron chi connectivity index (χ4n) is 13.1. The third-order valence-electron chi connectivity index (χ3n) is 16.7. The summed E-state index contributed by atoms with van der Waals surface area (Å²) < 4.78 is 0. The van der Waals surface area contributed by atoms with E-state index in [-0.39, 0.29) is 44.7 Å². The molecule has 0 N–H and O–H groups in total. The van der Waals surface area contributed by atoms with E-state index in [1.54, 1.807) is 0 Å². The van der Waals surface area contributed by atoms with Gasteiger partial charge in [-0.15, -0.1) is 0 Å². The first-order valence-electron chi connectivity index (χ1n) is 25.2. The van der Waals surface area contributed by atoms with E-state index >= 15 is 0 Å². The quantitative estimate of drug-likeness (QED) is 0.164. The molecule has 67 heavy (non-hydrogen) atoms. The van der Waals surface area contributed by atoms with Gasteiger partial charge in [0.15, 0.2) is 0 Å². The maximum absolute atomic E-state index is 2.78. The topological polar surface area (TPSA) is 9.72 Å². The zero-order valence-electron chi connectivity index (χ0n) is 44.2. The maximum Gasteiger partial charge on any atom is 0.252 e. The predicted molar refractivity (Wildman–Crippen MR) is 292 cm³/mol. The molecule has 0 aromatic heterocycles. The second-order valence-corrected chi connectivity index (χ2v) is 26.6. The van der Waals surface area contributed by atoms with Gasteiger partial charge in [-0.05, 0) is 171 Å². The molecule has 1 fully saturated rings. The number of fused-ring (bicyclic) bond motifs is 7. The smallest absolute Gasteiger partial charge is 0.252 e. The molecule has 3 aliphatic heterocycles. The summed E-state index contributed by atoms with van der Waals surface area (Å²) in [7, 11) is 0. The van der Waals surface area contributed by atoms with Crippen molar-refractivity contribution in [2.75, 3.05) is 14.7 Å². The van der Waals surface area contributed by atoms with Gasteiger partial charge in [-0.3, -0.25) is 0 Å². The van der Waals surface area contributed by atoms with Gasteiger partial charge in [0.05, 0.1) is 5.54 Å². The highest BCUT2D eigenvalue weighted by Crippen LogP contribution is 2.67. The Balaban J connectivity index is 1.26. The Morgan fingerprint density at radius 3 is 1.52 bits per heavy atom. The molecule has 0 saturated heterocycles. The van der Waals surface area contributed by atoms with Crippen LogP contribution in [0.15, 0.2) is 109 Å². The van der Waals surface area contributed by atoms with Crippen LogP contribution in [0.1, 0.15) is 163 Å². The van der Waals surface area contributed by atoms with Crippen LogP contribution in [-0.4, -0.2) is 12.3 Å². The molecule has 4 heteroatoms. The first-order valence-corrected chi connectivity index (χ1v) is 25.2. The summed E-state index contributed by atoms with van der Waals surface area (Å²) in [4.78, 5) is 8.00. The van der Waals surface area contributed by atoms with Crippen molar-refractivity contribution in [1.29, 1.82) is 0 Å². The second-order valence-electron chi connectivity index (χ2n) is 26.6. The fourth-order valence-corrected chi connectivity index (χ4v) is 13.1. The second kappa shape index (κ2) is 14.4. The molecule has 6 aromatic rings. The molecule has 0 spiro atoms. The summed E-state index contributed by atoms with van der Waals surface area (Å²) in [5, 5.41) is 0. The summed E-state index contributed by atoms with van der Waals surface area (Å²) in [5.41, 5.74) is 24.0.